The Balaban J connectivity index is 2.92. The van der Waals surface area contributed by atoms with Crippen LogP contribution in [0.3, 0.4) is 0 Å². The molecule has 0 heterocycles. The first-order valence-corrected chi connectivity index (χ1v) is 17.4. The lowest BCUT2D eigenvalue weighted by molar-refractivity contribution is 0.0766. The number of hydrogen-bond acceptors (Lipinski definition) is 4. The molecule has 1 aromatic rings. The molecule has 0 bridgehead atoms. The lowest BCUT2D eigenvalue weighted by atomic mass is 9.84. The van der Waals surface area contributed by atoms with E-state index in [1.165, 1.54) is 0 Å². The van der Waals surface area contributed by atoms with Crippen LogP contribution in [0.25, 0.3) is 0 Å². The van der Waals surface area contributed by atoms with Gasteiger partial charge < -0.3 is 8.85 Å². The van der Waals surface area contributed by atoms with Crippen molar-refractivity contribution in [3.8, 4) is 12.1 Å². The molecule has 34 heavy (non-hydrogen) atoms. The van der Waals surface area contributed by atoms with Gasteiger partial charge >= 0.3 is 0 Å². The zero-order valence-corrected chi connectivity index (χ0v) is 25.3. The predicted molar refractivity (Wildman–Crippen MR) is 145 cm³/mol. The normalized spacial score (nSPS) is 14.2. The maximum Gasteiger partial charge on any atom is 0.205 e. The van der Waals surface area contributed by atoms with Gasteiger partial charge in [0.25, 0.3) is 0 Å². The third kappa shape index (κ3) is 10.0. The second kappa shape index (κ2) is 13.6. The number of hydrogen-bond donors (Lipinski definition) is 0. The van der Waals surface area contributed by atoms with Crippen LogP contribution >= 0.6 is 0 Å². The zero-order valence-electron chi connectivity index (χ0n) is 23.3. The van der Waals surface area contributed by atoms with Crippen molar-refractivity contribution < 1.29 is 8.85 Å². The molecular formula is C28H46N2O2Si2. The highest BCUT2D eigenvalue weighted by atomic mass is 28.3. The molecule has 188 valence electrons. The van der Waals surface area contributed by atoms with E-state index in [4.69, 9.17) is 8.85 Å². The van der Waals surface area contributed by atoms with Crippen LogP contribution in [-0.2, 0) is 21.7 Å². The van der Waals surface area contributed by atoms with Crippen molar-refractivity contribution in [3.05, 3.63) is 34.4 Å². The Kier molecular flexibility index (Phi) is 12.2. The molecule has 0 amide bonds. The summed E-state index contributed by atoms with van der Waals surface area (Å²) in [5.41, 5.74) is 3.25. The molecule has 6 heteroatoms. The van der Waals surface area contributed by atoms with Crippen molar-refractivity contribution in [2.45, 2.75) is 118 Å². The second-order valence-electron chi connectivity index (χ2n) is 11.9. The summed E-state index contributed by atoms with van der Waals surface area (Å²) in [5, 5.41) is 19.8. The largest absolute Gasteiger partial charge is 0.414 e. The predicted octanol–water partition coefficient (Wildman–Crippen LogP) is 7.44. The van der Waals surface area contributed by atoms with Crippen molar-refractivity contribution in [3.63, 3.8) is 0 Å². The molecule has 0 saturated carbocycles. The Morgan fingerprint density at radius 1 is 0.706 bits per heavy atom. The highest BCUT2D eigenvalue weighted by Gasteiger charge is 2.27. The minimum Gasteiger partial charge on any atom is -0.414 e. The van der Waals surface area contributed by atoms with Gasteiger partial charge in [0.15, 0.2) is 0 Å². The van der Waals surface area contributed by atoms with Crippen molar-refractivity contribution in [1.82, 2.24) is 0 Å². The van der Waals surface area contributed by atoms with E-state index in [1.54, 1.807) is 0 Å². The van der Waals surface area contributed by atoms with E-state index >= 15 is 0 Å². The van der Waals surface area contributed by atoms with Gasteiger partial charge in [0.05, 0.1) is 11.1 Å². The van der Waals surface area contributed by atoms with Crippen LogP contribution in [0, 0.1) is 33.5 Å². The Morgan fingerprint density at radius 2 is 1.03 bits per heavy atom. The van der Waals surface area contributed by atoms with Gasteiger partial charge in [-0.05, 0) is 86.7 Å². The van der Waals surface area contributed by atoms with Crippen molar-refractivity contribution in [2.75, 3.05) is 0 Å². The molecular weight excluding hydrogens is 452 g/mol. The van der Waals surface area contributed by atoms with Crippen LogP contribution in [0.15, 0.2) is 12.1 Å². The van der Waals surface area contributed by atoms with Crippen LogP contribution in [0.5, 0.6) is 0 Å². The highest BCUT2D eigenvalue weighted by molar-refractivity contribution is 6.48. The molecule has 0 aromatic heterocycles. The average molecular weight is 499 g/mol. The molecule has 0 saturated heterocycles. The van der Waals surface area contributed by atoms with Gasteiger partial charge in [0.2, 0.25) is 18.1 Å². The molecule has 2 radical (unpaired) electrons. The van der Waals surface area contributed by atoms with Crippen LogP contribution in [-0.4, -0.2) is 30.3 Å². The van der Waals surface area contributed by atoms with E-state index < -0.39 is 18.1 Å². The first-order chi connectivity index (χ1) is 15.7. The fourth-order valence-corrected chi connectivity index (χ4v) is 6.30. The highest BCUT2D eigenvalue weighted by Crippen LogP contribution is 2.30. The minimum absolute atomic E-state index is 0.0910. The van der Waals surface area contributed by atoms with E-state index in [9.17, 15) is 10.5 Å². The monoisotopic (exact) mass is 498 g/mol. The van der Waals surface area contributed by atoms with Gasteiger partial charge in [-0.1, -0.05) is 53.7 Å². The van der Waals surface area contributed by atoms with E-state index in [0.29, 0.717) is 11.1 Å². The number of rotatable bonds is 12. The molecule has 0 aliphatic carbocycles. The Morgan fingerprint density at radius 3 is 1.26 bits per heavy atom. The van der Waals surface area contributed by atoms with Crippen molar-refractivity contribution in [2.24, 2.45) is 10.8 Å². The van der Waals surface area contributed by atoms with E-state index in [0.717, 1.165) is 49.7 Å². The van der Waals surface area contributed by atoms with Crippen molar-refractivity contribution in [1.29, 1.82) is 10.5 Å². The maximum absolute atomic E-state index is 9.89. The molecule has 0 aliphatic heterocycles. The van der Waals surface area contributed by atoms with E-state index in [1.807, 2.05) is 0 Å². The summed E-state index contributed by atoms with van der Waals surface area (Å²) in [4.78, 5) is 0. The van der Waals surface area contributed by atoms with E-state index in [-0.39, 0.29) is 23.0 Å². The molecule has 0 spiro atoms. The number of aryl methyl sites for hydroxylation is 2. The fraction of sp³-hybridized carbons (Fsp3) is 0.714. The van der Waals surface area contributed by atoms with Crippen molar-refractivity contribution >= 4 is 18.1 Å². The topological polar surface area (TPSA) is 66.0 Å². The van der Waals surface area contributed by atoms with Gasteiger partial charge in [-0.2, -0.15) is 10.5 Å². The minimum atomic E-state index is -0.772. The summed E-state index contributed by atoms with van der Waals surface area (Å²) in [7, 11) is -1.54. The molecule has 1 aromatic carbocycles. The third-order valence-corrected chi connectivity index (χ3v) is 7.63. The Labute approximate surface area is 213 Å². The fourth-order valence-electron chi connectivity index (χ4n) is 4.22. The van der Waals surface area contributed by atoms with Gasteiger partial charge in [0.1, 0.15) is 12.1 Å². The average Bonchev–Trinajstić information content (AvgIpc) is 2.70. The SMILES string of the molecule is C[Si](C)OC(CCCc1ccc(CCCC(O[Si](C)C)C(C)(C)C)c(C#N)c1C#N)C(C)(C)C. The van der Waals surface area contributed by atoms with Crippen LogP contribution in [0.1, 0.15) is 89.5 Å². The lowest BCUT2D eigenvalue weighted by Crippen LogP contribution is -2.33. The molecule has 0 aliphatic rings. The van der Waals surface area contributed by atoms with Crippen LogP contribution in [0.4, 0.5) is 0 Å². The van der Waals surface area contributed by atoms with E-state index in [2.05, 4.69) is 92.0 Å². The third-order valence-electron chi connectivity index (χ3n) is 6.11. The number of benzene rings is 1. The first-order valence-electron chi connectivity index (χ1n) is 12.6. The standard InChI is InChI=1S/C28H46N2O2Si2/c1-27(2,3)25(31-33(7)8)15-11-13-21-17-18-22(24(20-30)23(21)19-29)14-12-16-26(28(4,5)6)32-34(9)10/h17-18,25-26H,11-16H2,1-10H3. The molecule has 2 atom stereocenters. The summed E-state index contributed by atoms with van der Waals surface area (Å²) >= 11 is 0. The lowest BCUT2D eigenvalue weighted by Gasteiger charge is -2.32. The quantitative estimate of drug-likeness (QED) is 0.281. The molecule has 1 rings (SSSR count). The summed E-state index contributed by atoms with van der Waals surface area (Å²) in [6.07, 6.45) is 5.81. The molecule has 0 fully saturated rings. The number of nitriles is 2. The zero-order chi connectivity index (χ0) is 26.1. The summed E-state index contributed by atoms with van der Waals surface area (Å²) < 4.78 is 12.5. The Hall–Kier alpha value is -1.45. The van der Waals surface area contributed by atoms with Crippen LogP contribution < -0.4 is 0 Å². The van der Waals surface area contributed by atoms with Gasteiger partial charge in [-0.3, -0.25) is 0 Å². The number of nitrogens with zero attached hydrogens (tertiary/aromatic N) is 2. The molecule has 4 nitrogen and oxygen atoms in total. The second-order valence-corrected chi connectivity index (χ2v) is 16.0. The van der Waals surface area contributed by atoms with Gasteiger partial charge in [-0.25, -0.2) is 0 Å². The Bertz CT molecular complexity index is 784. The summed E-state index contributed by atoms with van der Waals surface area (Å²) in [5.74, 6) is 0. The van der Waals surface area contributed by atoms with Crippen LogP contribution in [0.2, 0.25) is 26.2 Å². The molecule has 0 N–H and O–H groups in total. The first kappa shape index (κ1) is 30.6. The van der Waals surface area contributed by atoms with Gasteiger partial charge in [0, 0.05) is 12.2 Å². The molecule has 2 unspecified atom stereocenters. The smallest absolute Gasteiger partial charge is 0.205 e. The van der Waals surface area contributed by atoms with Gasteiger partial charge in [-0.15, -0.1) is 0 Å². The maximum atomic E-state index is 9.89. The summed E-state index contributed by atoms with van der Waals surface area (Å²) in [6.45, 7) is 22.1. The summed E-state index contributed by atoms with van der Waals surface area (Å²) in [6, 6.07) is 8.80.